The summed E-state index contributed by atoms with van der Waals surface area (Å²) in [7, 11) is -3.35. The predicted octanol–water partition coefficient (Wildman–Crippen LogP) is 2.32. The Bertz CT molecular complexity index is 1370. The van der Waals surface area contributed by atoms with E-state index in [9.17, 15) is 18.0 Å². The van der Waals surface area contributed by atoms with Crippen molar-refractivity contribution in [2.24, 2.45) is 0 Å². The number of thioether (sulfide) groups is 1. The van der Waals surface area contributed by atoms with Crippen LogP contribution in [-0.2, 0) is 26.0 Å². The second-order valence-corrected chi connectivity index (χ2v) is 10.2. The van der Waals surface area contributed by atoms with Crippen LogP contribution >= 0.6 is 11.8 Å². The SMILES string of the molecule is CS(=O)(=O)N1CCc2ccc(-n3cnc4ccc(/C=C5\SC(=O)CC5=O)nc43)cc21. The van der Waals surface area contributed by atoms with Gasteiger partial charge in [-0.05, 0) is 54.1 Å². The Morgan fingerprint density at radius 2 is 2.00 bits per heavy atom. The van der Waals surface area contributed by atoms with E-state index in [1.807, 2.05) is 18.2 Å². The van der Waals surface area contributed by atoms with Gasteiger partial charge < -0.3 is 0 Å². The normalized spacial score (nSPS) is 18.0. The zero-order chi connectivity index (χ0) is 21.0. The van der Waals surface area contributed by atoms with Gasteiger partial charge in [0.25, 0.3) is 0 Å². The molecule has 1 saturated heterocycles. The third-order valence-corrected chi connectivity index (χ3v) is 7.22. The van der Waals surface area contributed by atoms with E-state index < -0.39 is 10.0 Å². The van der Waals surface area contributed by atoms with Crippen molar-refractivity contribution in [2.75, 3.05) is 17.1 Å². The minimum absolute atomic E-state index is 0.0807. The fourth-order valence-electron chi connectivity index (χ4n) is 3.69. The molecule has 0 aliphatic carbocycles. The number of aromatic nitrogens is 3. The van der Waals surface area contributed by atoms with E-state index in [2.05, 4.69) is 9.97 Å². The quantitative estimate of drug-likeness (QED) is 0.455. The number of carbonyl (C=O) groups is 2. The molecule has 3 aromatic rings. The zero-order valence-corrected chi connectivity index (χ0v) is 17.5. The average molecular weight is 441 g/mol. The fourth-order valence-corrected chi connectivity index (χ4v) is 5.45. The Morgan fingerprint density at radius 3 is 2.73 bits per heavy atom. The predicted molar refractivity (Wildman–Crippen MR) is 115 cm³/mol. The number of nitrogens with zero attached hydrogens (tertiary/aromatic N) is 4. The van der Waals surface area contributed by atoms with E-state index >= 15 is 0 Å². The third-order valence-electron chi connectivity index (χ3n) is 5.10. The van der Waals surface area contributed by atoms with Gasteiger partial charge in [-0.3, -0.25) is 18.5 Å². The van der Waals surface area contributed by atoms with Gasteiger partial charge in [-0.15, -0.1) is 0 Å². The van der Waals surface area contributed by atoms with E-state index in [1.54, 1.807) is 29.1 Å². The number of hydrogen-bond acceptors (Lipinski definition) is 7. The lowest BCUT2D eigenvalue weighted by Gasteiger charge is -2.17. The van der Waals surface area contributed by atoms with Crippen molar-refractivity contribution >= 4 is 55.6 Å². The second kappa shape index (κ2) is 6.78. The van der Waals surface area contributed by atoms with Crippen LogP contribution in [-0.4, -0.2) is 46.7 Å². The number of hydrogen-bond donors (Lipinski definition) is 0. The molecular weight excluding hydrogens is 424 g/mol. The van der Waals surface area contributed by atoms with E-state index in [1.165, 1.54) is 10.6 Å². The molecule has 2 aliphatic rings. The van der Waals surface area contributed by atoms with Crippen LogP contribution in [0.3, 0.4) is 0 Å². The number of imidazole rings is 1. The van der Waals surface area contributed by atoms with Crippen LogP contribution in [0.2, 0.25) is 0 Å². The first-order chi connectivity index (χ1) is 14.3. The van der Waals surface area contributed by atoms with Crippen molar-refractivity contribution in [1.29, 1.82) is 0 Å². The van der Waals surface area contributed by atoms with Crippen molar-refractivity contribution in [3.05, 3.63) is 52.8 Å². The molecule has 10 heteroatoms. The molecular formula is C20H16N4O4S2. The lowest BCUT2D eigenvalue weighted by atomic mass is 10.1. The Hall–Kier alpha value is -2.98. The van der Waals surface area contributed by atoms with Gasteiger partial charge in [-0.1, -0.05) is 6.07 Å². The summed E-state index contributed by atoms with van der Waals surface area (Å²) in [6.07, 6.45) is 5.05. The molecule has 152 valence electrons. The summed E-state index contributed by atoms with van der Waals surface area (Å²) < 4.78 is 27.4. The molecule has 1 fully saturated rings. The number of allylic oxidation sites excluding steroid dienone is 1. The summed E-state index contributed by atoms with van der Waals surface area (Å²) >= 11 is 0.940. The highest BCUT2D eigenvalue weighted by Gasteiger charge is 2.27. The van der Waals surface area contributed by atoms with Gasteiger partial charge in [-0.25, -0.2) is 18.4 Å². The van der Waals surface area contributed by atoms with Crippen molar-refractivity contribution in [3.8, 4) is 5.69 Å². The lowest BCUT2D eigenvalue weighted by Crippen LogP contribution is -2.27. The number of benzene rings is 1. The molecule has 0 spiro atoms. The molecule has 0 bridgehead atoms. The molecule has 2 aromatic heterocycles. The number of pyridine rings is 1. The molecule has 30 heavy (non-hydrogen) atoms. The monoisotopic (exact) mass is 440 g/mol. The minimum atomic E-state index is -3.35. The number of carbonyl (C=O) groups excluding carboxylic acids is 2. The fraction of sp³-hybridized carbons (Fsp3) is 0.200. The molecule has 0 saturated carbocycles. The topological polar surface area (TPSA) is 102 Å². The van der Waals surface area contributed by atoms with Gasteiger partial charge >= 0.3 is 0 Å². The van der Waals surface area contributed by atoms with Crippen LogP contribution in [0.5, 0.6) is 0 Å². The van der Waals surface area contributed by atoms with Crippen LogP contribution < -0.4 is 4.31 Å². The highest BCUT2D eigenvalue weighted by Crippen LogP contribution is 2.33. The molecule has 0 amide bonds. The average Bonchev–Trinajstić information content (AvgIpc) is 3.37. The minimum Gasteiger partial charge on any atom is -0.293 e. The summed E-state index contributed by atoms with van der Waals surface area (Å²) in [5, 5.41) is -0.161. The Kier molecular flexibility index (Phi) is 4.30. The van der Waals surface area contributed by atoms with Crippen LogP contribution in [0.1, 0.15) is 17.7 Å². The molecule has 1 aromatic carbocycles. The zero-order valence-electron chi connectivity index (χ0n) is 15.9. The van der Waals surface area contributed by atoms with Gasteiger partial charge in [0.1, 0.15) is 11.8 Å². The molecule has 0 atom stereocenters. The van der Waals surface area contributed by atoms with Gasteiger partial charge in [-0.2, -0.15) is 0 Å². The van der Waals surface area contributed by atoms with Crippen LogP contribution in [0.15, 0.2) is 41.6 Å². The summed E-state index contributed by atoms with van der Waals surface area (Å²) in [6.45, 7) is 0.433. The van der Waals surface area contributed by atoms with Gasteiger partial charge in [0.15, 0.2) is 11.4 Å². The van der Waals surface area contributed by atoms with Crippen molar-refractivity contribution in [3.63, 3.8) is 0 Å². The van der Waals surface area contributed by atoms with Crippen LogP contribution in [0.4, 0.5) is 5.69 Å². The van der Waals surface area contributed by atoms with Crippen LogP contribution in [0.25, 0.3) is 22.9 Å². The Labute approximate surface area is 176 Å². The molecule has 0 unspecified atom stereocenters. The Balaban J connectivity index is 1.59. The smallest absolute Gasteiger partial charge is 0.232 e. The number of Topliss-reactive ketones (excluding diaryl/α,β-unsaturated/α-hetero) is 1. The largest absolute Gasteiger partial charge is 0.293 e. The number of rotatable bonds is 3. The molecule has 0 radical (unpaired) electrons. The molecule has 5 rings (SSSR count). The highest BCUT2D eigenvalue weighted by molar-refractivity contribution is 8.18. The maximum atomic E-state index is 12.1. The second-order valence-electron chi connectivity index (χ2n) is 7.17. The van der Waals surface area contributed by atoms with Crippen molar-refractivity contribution < 1.29 is 18.0 Å². The summed E-state index contributed by atoms with van der Waals surface area (Å²) in [5.74, 6) is -0.195. The van der Waals surface area contributed by atoms with E-state index in [0.29, 0.717) is 40.4 Å². The molecule has 0 N–H and O–H groups in total. The summed E-state index contributed by atoms with van der Waals surface area (Å²) in [5.41, 5.74) is 4.18. The standard InChI is InChI=1S/C20H16N4O4S2/c1-30(27,28)24-7-6-12-2-4-14(9-16(12)24)23-11-21-15-5-3-13(22-20(15)23)8-18-17(25)10-19(26)29-18/h2-5,8-9,11H,6-7,10H2,1H3/b18-8-. The van der Waals surface area contributed by atoms with Crippen molar-refractivity contribution in [1.82, 2.24) is 14.5 Å². The van der Waals surface area contributed by atoms with E-state index in [4.69, 9.17) is 0 Å². The number of sulfonamides is 1. The summed E-state index contributed by atoms with van der Waals surface area (Å²) in [4.78, 5) is 32.8. The lowest BCUT2D eigenvalue weighted by molar-refractivity contribution is -0.119. The first-order valence-corrected chi connectivity index (χ1v) is 11.9. The van der Waals surface area contributed by atoms with Gasteiger partial charge in [0.05, 0.1) is 34.7 Å². The van der Waals surface area contributed by atoms with E-state index in [-0.39, 0.29) is 17.3 Å². The number of ketones is 1. The maximum Gasteiger partial charge on any atom is 0.232 e. The van der Waals surface area contributed by atoms with Gasteiger partial charge in [0, 0.05) is 6.54 Å². The first kappa shape index (κ1) is 19.0. The Morgan fingerprint density at radius 1 is 1.17 bits per heavy atom. The van der Waals surface area contributed by atoms with Gasteiger partial charge in [0.2, 0.25) is 15.1 Å². The first-order valence-electron chi connectivity index (χ1n) is 9.20. The number of fused-ring (bicyclic) bond motifs is 2. The maximum absolute atomic E-state index is 12.1. The molecule has 2 aliphatic heterocycles. The van der Waals surface area contributed by atoms with Crippen molar-refractivity contribution in [2.45, 2.75) is 12.8 Å². The number of anilines is 1. The van der Waals surface area contributed by atoms with Crippen LogP contribution in [0, 0.1) is 0 Å². The summed E-state index contributed by atoms with van der Waals surface area (Å²) in [6, 6.07) is 9.21. The highest BCUT2D eigenvalue weighted by atomic mass is 32.2. The molecule has 8 nitrogen and oxygen atoms in total. The third kappa shape index (κ3) is 3.21. The molecule has 4 heterocycles. The van der Waals surface area contributed by atoms with E-state index in [0.717, 1.165) is 23.0 Å².